The van der Waals surface area contributed by atoms with Crippen LogP contribution in [-0.4, -0.2) is 22.6 Å². The van der Waals surface area contributed by atoms with Crippen molar-refractivity contribution in [2.45, 2.75) is 39.7 Å². The van der Waals surface area contributed by atoms with E-state index >= 15 is 0 Å². The van der Waals surface area contributed by atoms with Crippen molar-refractivity contribution in [1.82, 2.24) is 4.98 Å². The van der Waals surface area contributed by atoms with E-state index in [0.29, 0.717) is 18.1 Å². The van der Waals surface area contributed by atoms with E-state index in [2.05, 4.69) is 10.3 Å². The van der Waals surface area contributed by atoms with Gasteiger partial charge in [-0.05, 0) is 45.5 Å². The van der Waals surface area contributed by atoms with Crippen LogP contribution in [0.25, 0.3) is 5.32 Å². The molecule has 0 fully saturated rings. The van der Waals surface area contributed by atoms with Crippen LogP contribution in [0.5, 0.6) is 0 Å². The molecule has 0 spiro atoms. The number of nitrogens with zero attached hydrogens (tertiary/aromatic N) is 2. The molecule has 1 aromatic rings. The van der Waals surface area contributed by atoms with Gasteiger partial charge in [-0.2, -0.15) is 0 Å². The second-order valence-corrected chi connectivity index (χ2v) is 5.34. The molecule has 0 unspecified atom stereocenters. The Hall–Kier alpha value is -0.693. The number of aromatic nitrogens is 1. The Morgan fingerprint density at radius 3 is 2.58 bits per heavy atom. The minimum atomic E-state index is -0.628. The van der Waals surface area contributed by atoms with Crippen molar-refractivity contribution < 1.29 is 28.4 Å². The molecule has 100 valence electrons. The van der Waals surface area contributed by atoms with E-state index in [1.54, 1.807) is 20.8 Å². The van der Waals surface area contributed by atoms with E-state index in [1.807, 2.05) is 19.1 Å². The number of carbonyl (C=O) groups is 1. The van der Waals surface area contributed by atoms with Crippen LogP contribution in [0.4, 0.5) is 10.6 Å². The monoisotopic (exact) mass is 276 g/mol. The third-order valence-corrected chi connectivity index (χ3v) is 2.24. The number of halogens is 1. The van der Waals surface area contributed by atoms with Gasteiger partial charge in [0.15, 0.2) is 0 Å². The van der Waals surface area contributed by atoms with Gasteiger partial charge in [-0.3, -0.25) is 4.79 Å². The second-order valence-electron chi connectivity index (χ2n) is 4.97. The van der Waals surface area contributed by atoms with Gasteiger partial charge < -0.3 is 15.0 Å². The summed E-state index contributed by atoms with van der Waals surface area (Å²) in [5, 5.41) is 3.89. The van der Waals surface area contributed by atoms with Crippen LogP contribution < -0.4 is 18.9 Å². The van der Waals surface area contributed by atoms with Crippen molar-refractivity contribution in [3.05, 3.63) is 28.7 Å². The molecular formula is C13H18ClLiN2O2. The summed E-state index contributed by atoms with van der Waals surface area (Å²) in [6, 6.07) is 3.75. The number of aryl methyl sites for hydroxylation is 2. The molecule has 4 nitrogen and oxygen atoms in total. The van der Waals surface area contributed by atoms with Crippen LogP contribution in [0.1, 0.15) is 32.0 Å². The van der Waals surface area contributed by atoms with Crippen LogP contribution in [0.2, 0.25) is 0 Å². The third-order valence-electron chi connectivity index (χ3n) is 2.05. The zero-order valence-corrected chi connectivity index (χ0v) is 12.9. The molecule has 0 radical (unpaired) electrons. The van der Waals surface area contributed by atoms with Gasteiger partial charge in [-0.25, -0.2) is 0 Å². The first kappa shape index (κ1) is 18.3. The minimum absolute atomic E-state index is 0. The summed E-state index contributed by atoms with van der Waals surface area (Å²) >= 11 is 5.71. The van der Waals surface area contributed by atoms with Crippen LogP contribution in [-0.2, 0) is 11.2 Å². The fourth-order valence-corrected chi connectivity index (χ4v) is 1.54. The molecule has 0 saturated heterocycles. The van der Waals surface area contributed by atoms with E-state index in [0.717, 1.165) is 11.3 Å². The number of alkyl halides is 1. The zero-order valence-electron chi connectivity index (χ0n) is 12.2. The predicted molar refractivity (Wildman–Crippen MR) is 72.7 cm³/mol. The van der Waals surface area contributed by atoms with Crippen molar-refractivity contribution in [3.8, 4) is 0 Å². The quantitative estimate of drug-likeness (QED) is 0.614. The van der Waals surface area contributed by atoms with E-state index in [-0.39, 0.29) is 18.9 Å². The third kappa shape index (κ3) is 6.86. The Balaban J connectivity index is 0.00000324. The van der Waals surface area contributed by atoms with E-state index in [4.69, 9.17) is 16.3 Å². The van der Waals surface area contributed by atoms with Crippen LogP contribution in [0, 0.1) is 6.92 Å². The minimum Gasteiger partial charge on any atom is -0.459 e. The van der Waals surface area contributed by atoms with Gasteiger partial charge in [-0.1, -0.05) is 17.8 Å². The van der Waals surface area contributed by atoms with Crippen LogP contribution in [0.3, 0.4) is 0 Å². The Bertz CT molecular complexity index is 433. The van der Waals surface area contributed by atoms with E-state index in [9.17, 15) is 4.79 Å². The molecule has 19 heavy (non-hydrogen) atoms. The molecule has 0 aliphatic rings. The molecule has 0 N–H and O–H groups in total. The van der Waals surface area contributed by atoms with Gasteiger partial charge >= 0.3 is 25.0 Å². The predicted octanol–water partition coefficient (Wildman–Crippen LogP) is 1.12. The topological polar surface area (TPSA) is 53.3 Å². The molecule has 0 bridgehead atoms. The average Bonchev–Trinajstić information content (AvgIpc) is 2.19. The summed E-state index contributed by atoms with van der Waals surface area (Å²) in [6.45, 7) is 7.23. The van der Waals surface area contributed by atoms with Gasteiger partial charge in [0.25, 0.3) is 0 Å². The van der Waals surface area contributed by atoms with E-state index < -0.39 is 11.7 Å². The Morgan fingerprint density at radius 1 is 1.42 bits per heavy atom. The van der Waals surface area contributed by atoms with Crippen LogP contribution in [0.15, 0.2) is 12.1 Å². The normalized spacial score (nSPS) is 10.6. The molecule has 1 amide bonds. The van der Waals surface area contributed by atoms with Crippen molar-refractivity contribution in [2.75, 3.05) is 5.88 Å². The zero-order chi connectivity index (χ0) is 13.8. The largest absolute Gasteiger partial charge is 1.00 e. The Labute approximate surface area is 131 Å². The molecule has 6 heteroatoms. The van der Waals surface area contributed by atoms with Gasteiger partial charge in [0.05, 0.1) is 0 Å². The van der Waals surface area contributed by atoms with Gasteiger partial charge in [0.2, 0.25) is 0 Å². The number of ether oxygens (including phenoxy) is 1. The fraction of sp³-hybridized carbons (Fsp3) is 0.538. The number of hydrogen-bond donors (Lipinski definition) is 0. The molecular weight excluding hydrogens is 259 g/mol. The summed E-state index contributed by atoms with van der Waals surface area (Å²) in [5.41, 5.74) is 1.09. The van der Waals surface area contributed by atoms with Crippen LogP contribution >= 0.6 is 11.6 Å². The van der Waals surface area contributed by atoms with Gasteiger partial charge in [0, 0.05) is 5.88 Å². The number of carbonyl (C=O) groups excluding carboxylic acids is 1. The molecule has 0 aromatic carbocycles. The Kier molecular flexibility index (Phi) is 7.51. The summed E-state index contributed by atoms with van der Waals surface area (Å²) in [5.74, 6) is 0.853. The van der Waals surface area contributed by atoms with Gasteiger partial charge in [0.1, 0.15) is 5.60 Å². The van der Waals surface area contributed by atoms with Crippen molar-refractivity contribution in [3.63, 3.8) is 0 Å². The molecule has 1 aromatic heterocycles. The molecule has 0 aliphatic heterocycles. The first-order valence-corrected chi connectivity index (χ1v) is 6.32. The number of hydrogen-bond acceptors (Lipinski definition) is 3. The van der Waals surface area contributed by atoms with Crippen molar-refractivity contribution in [2.24, 2.45) is 0 Å². The summed E-state index contributed by atoms with van der Waals surface area (Å²) in [6.07, 6.45) is -0.00682. The first-order valence-electron chi connectivity index (χ1n) is 5.79. The second kappa shape index (κ2) is 7.79. The standard InChI is InChI=1S/C13H19ClN2O2.Li/c1-9-5-6-10(7-8-14)11(15-9)16-12(17)18-13(2,3)4;/h5-6H,7-8H2,1-4H3,(H,15,16,17);/q;+1/p-1. The number of pyridine rings is 1. The maximum atomic E-state index is 11.6. The maximum absolute atomic E-state index is 11.6. The number of amides is 1. The molecule has 1 heterocycles. The van der Waals surface area contributed by atoms with E-state index in [1.165, 1.54) is 0 Å². The summed E-state index contributed by atoms with van der Waals surface area (Å²) in [7, 11) is 0. The van der Waals surface area contributed by atoms with Crippen molar-refractivity contribution in [1.29, 1.82) is 0 Å². The Morgan fingerprint density at radius 2 is 2.05 bits per heavy atom. The molecule has 0 atom stereocenters. The van der Waals surface area contributed by atoms with Crippen molar-refractivity contribution >= 4 is 23.5 Å². The average molecular weight is 277 g/mol. The SMILES string of the molecule is Cc1ccc(CCCl)c([N-]C(=O)OC(C)(C)C)n1.[Li+]. The maximum Gasteiger partial charge on any atom is 1.00 e. The fourth-order valence-electron chi connectivity index (χ4n) is 1.34. The molecule has 1 rings (SSSR count). The molecule has 0 aliphatic carbocycles. The number of rotatable bonds is 3. The first-order chi connectivity index (χ1) is 8.31. The van der Waals surface area contributed by atoms with Gasteiger partial charge in [-0.15, -0.1) is 11.6 Å². The molecule has 0 saturated carbocycles. The summed E-state index contributed by atoms with van der Waals surface area (Å²) in [4.78, 5) is 15.9. The summed E-state index contributed by atoms with van der Waals surface area (Å²) < 4.78 is 5.14. The smallest absolute Gasteiger partial charge is 0.459 e.